The number of hydrogen-bond acceptors (Lipinski definition) is 1. The summed E-state index contributed by atoms with van der Waals surface area (Å²) in [4.78, 5) is 9.88. The van der Waals surface area contributed by atoms with Crippen molar-refractivity contribution in [2.45, 2.75) is 0 Å². The van der Waals surface area contributed by atoms with E-state index in [0.717, 1.165) is 0 Å². The zero-order valence-electron chi connectivity index (χ0n) is 5.12. The Balaban J connectivity index is 2.84. The van der Waals surface area contributed by atoms with Gasteiger partial charge in [-0.15, -0.1) is 0 Å². The molecule has 0 heterocycles. The van der Waals surface area contributed by atoms with E-state index in [-0.39, 0.29) is 0 Å². The third kappa shape index (κ3) is 1.74. The molecular formula is C7H5ClNO. The lowest BCUT2D eigenvalue weighted by atomic mass is 10.3. The van der Waals surface area contributed by atoms with Gasteiger partial charge in [0.25, 0.3) is 0 Å². The normalized spacial score (nSPS) is 8.90. The quantitative estimate of drug-likeness (QED) is 0.597. The van der Waals surface area contributed by atoms with Gasteiger partial charge in [-0.05, 0) is 18.2 Å². The highest BCUT2D eigenvalue weighted by atomic mass is 35.5. The fourth-order valence-corrected chi connectivity index (χ4v) is 0.802. The fraction of sp³-hybridized carbons (Fsp3) is 0. The summed E-state index contributed by atoms with van der Waals surface area (Å²) in [5, 5.41) is 4.09. The average molecular weight is 155 g/mol. The van der Waals surface area contributed by atoms with Crippen LogP contribution in [-0.4, -0.2) is 6.41 Å². The topological polar surface area (TPSA) is 31.2 Å². The lowest BCUT2D eigenvalue weighted by Crippen LogP contribution is -1.90. The molecule has 51 valence electrons. The van der Waals surface area contributed by atoms with Crippen LogP contribution in [0.4, 0.5) is 5.69 Å². The van der Waals surface area contributed by atoms with Gasteiger partial charge < -0.3 is 0 Å². The second-order valence-corrected chi connectivity index (χ2v) is 2.15. The molecule has 0 spiro atoms. The molecule has 0 aliphatic rings. The van der Waals surface area contributed by atoms with Gasteiger partial charge in [-0.25, -0.2) is 5.32 Å². The number of hydrogen-bond donors (Lipinski definition) is 0. The van der Waals surface area contributed by atoms with E-state index in [1.807, 2.05) is 0 Å². The predicted octanol–water partition coefficient (Wildman–Crippen LogP) is 1.73. The number of carbonyl (C=O) groups is 1. The fourth-order valence-electron chi connectivity index (χ4n) is 0.617. The summed E-state index contributed by atoms with van der Waals surface area (Å²) in [5.74, 6) is 0. The Morgan fingerprint density at radius 3 is 2.90 bits per heavy atom. The molecule has 1 radical (unpaired) electrons. The highest BCUT2D eigenvalue weighted by Gasteiger charge is 1.90. The first-order valence-corrected chi connectivity index (χ1v) is 3.11. The summed E-state index contributed by atoms with van der Waals surface area (Å²) >= 11 is 5.60. The predicted molar refractivity (Wildman–Crippen MR) is 39.3 cm³/mol. The van der Waals surface area contributed by atoms with Crippen molar-refractivity contribution < 1.29 is 4.79 Å². The maximum Gasteiger partial charge on any atom is 0.233 e. The zero-order valence-corrected chi connectivity index (χ0v) is 5.88. The highest BCUT2D eigenvalue weighted by Crippen LogP contribution is 2.13. The van der Waals surface area contributed by atoms with E-state index in [0.29, 0.717) is 17.1 Å². The van der Waals surface area contributed by atoms with Crippen LogP contribution in [-0.2, 0) is 4.79 Å². The molecule has 0 saturated heterocycles. The Labute approximate surface area is 63.8 Å². The number of rotatable bonds is 2. The van der Waals surface area contributed by atoms with Crippen LogP contribution >= 0.6 is 11.6 Å². The molecule has 1 aromatic carbocycles. The second-order valence-electron chi connectivity index (χ2n) is 1.71. The minimum Gasteiger partial charge on any atom is -0.276 e. The third-order valence-corrected chi connectivity index (χ3v) is 1.25. The molecule has 0 N–H and O–H groups in total. The van der Waals surface area contributed by atoms with Gasteiger partial charge in [0.15, 0.2) is 0 Å². The van der Waals surface area contributed by atoms with Crippen LogP contribution in [0.5, 0.6) is 0 Å². The minimum absolute atomic E-state index is 0.492. The first kappa shape index (κ1) is 7.09. The Bertz CT molecular complexity index is 237. The number of carbonyl (C=O) groups excluding carboxylic acids is 1. The third-order valence-electron chi connectivity index (χ3n) is 1.01. The first-order chi connectivity index (χ1) is 4.83. The first-order valence-electron chi connectivity index (χ1n) is 2.73. The molecule has 1 amide bonds. The Hall–Kier alpha value is -1.02. The number of benzene rings is 1. The van der Waals surface area contributed by atoms with Crippen molar-refractivity contribution in [3.8, 4) is 0 Å². The van der Waals surface area contributed by atoms with Crippen molar-refractivity contribution in [2.75, 3.05) is 0 Å². The Morgan fingerprint density at radius 2 is 2.30 bits per heavy atom. The van der Waals surface area contributed by atoms with E-state index in [1.54, 1.807) is 24.3 Å². The van der Waals surface area contributed by atoms with Crippen LogP contribution in [0, 0.1) is 0 Å². The lowest BCUT2D eigenvalue weighted by Gasteiger charge is -1.93. The van der Waals surface area contributed by atoms with E-state index in [4.69, 9.17) is 11.6 Å². The van der Waals surface area contributed by atoms with Crippen LogP contribution in [0.3, 0.4) is 0 Å². The van der Waals surface area contributed by atoms with Gasteiger partial charge in [-0.3, -0.25) is 4.79 Å². The molecular weight excluding hydrogens is 150 g/mol. The molecule has 0 atom stereocenters. The summed E-state index contributed by atoms with van der Waals surface area (Å²) in [5.41, 5.74) is 0.586. The van der Waals surface area contributed by atoms with Gasteiger partial charge in [0, 0.05) is 5.02 Å². The smallest absolute Gasteiger partial charge is 0.233 e. The van der Waals surface area contributed by atoms with Crippen molar-refractivity contribution in [2.24, 2.45) is 0 Å². The molecule has 1 aromatic rings. The van der Waals surface area contributed by atoms with Crippen molar-refractivity contribution in [1.29, 1.82) is 0 Å². The molecule has 0 fully saturated rings. The van der Waals surface area contributed by atoms with Crippen LogP contribution in [0.1, 0.15) is 0 Å². The van der Waals surface area contributed by atoms with Crippen LogP contribution in [0.25, 0.3) is 0 Å². The van der Waals surface area contributed by atoms with Crippen LogP contribution in [0.2, 0.25) is 5.02 Å². The average Bonchev–Trinajstić information content (AvgIpc) is 1.88. The SMILES string of the molecule is O=C[N]c1cccc(Cl)c1. The molecule has 0 aliphatic heterocycles. The number of nitrogens with zero attached hydrogens (tertiary/aromatic N) is 1. The van der Waals surface area contributed by atoms with Crippen molar-refractivity contribution in [3.63, 3.8) is 0 Å². The lowest BCUT2D eigenvalue weighted by molar-refractivity contribution is -0.108. The molecule has 0 aromatic heterocycles. The summed E-state index contributed by atoms with van der Waals surface area (Å²) in [7, 11) is 0. The van der Waals surface area contributed by atoms with Crippen LogP contribution < -0.4 is 5.32 Å². The van der Waals surface area contributed by atoms with E-state index < -0.39 is 0 Å². The summed E-state index contributed by atoms with van der Waals surface area (Å²) in [6.45, 7) is 0. The monoisotopic (exact) mass is 154 g/mol. The minimum atomic E-state index is 0.492. The van der Waals surface area contributed by atoms with Gasteiger partial charge in [-0.2, -0.15) is 0 Å². The summed E-state index contributed by atoms with van der Waals surface area (Å²) in [6.07, 6.45) is 0.492. The molecule has 2 nitrogen and oxygen atoms in total. The largest absolute Gasteiger partial charge is 0.276 e. The van der Waals surface area contributed by atoms with Crippen molar-refractivity contribution in [3.05, 3.63) is 29.3 Å². The van der Waals surface area contributed by atoms with Crippen LogP contribution in [0.15, 0.2) is 24.3 Å². The molecule has 1 rings (SSSR count). The van der Waals surface area contributed by atoms with Gasteiger partial charge >= 0.3 is 0 Å². The summed E-state index contributed by atoms with van der Waals surface area (Å²) < 4.78 is 0. The van der Waals surface area contributed by atoms with Gasteiger partial charge in [0.1, 0.15) is 0 Å². The van der Waals surface area contributed by atoms with Gasteiger partial charge in [-0.1, -0.05) is 17.7 Å². The molecule has 0 unspecified atom stereocenters. The molecule has 10 heavy (non-hydrogen) atoms. The van der Waals surface area contributed by atoms with E-state index in [9.17, 15) is 4.79 Å². The summed E-state index contributed by atoms with van der Waals surface area (Å²) in [6, 6.07) is 6.80. The standard InChI is InChI=1S/C7H5ClNO/c8-6-2-1-3-7(4-6)9-5-10/h1-5H. The number of halogens is 1. The van der Waals surface area contributed by atoms with Gasteiger partial charge in [0.05, 0.1) is 5.69 Å². The van der Waals surface area contributed by atoms with Crippen molar-refractivity contribution in [1.82, 2.24) is 5.32 Å². The Morgan fingerprint density at radius 1 is 1.50 bits per heavy atom. The second kappa shape index (κ2) is 3.22. The molecule has 3 heteroatoms. The van der Waals surface area contributed by atoms with E-state index >= 15 is 0 Å². The molecule has 0 bridgehead atoms. The van der Waals surface area contributed by atoms with Crippen molar-refractivity contribution >= 4 is 23.7 Å². The van der Waals surface area contributed by atoms with Gasteiger partial charge in [0.2, 0.25) is 6.41 Å². The zero-order chi connectivity index (χ0) is 7.40. The maximum atomic E-state index is 9.88. The molecule has 0 aliphatic carbocycles. The highest BCUT2D eigenvalue weighted by molar-refractivity contribution is 6.30. The Kier molecular flexibility index (Phi) is 2.29. The maximum absolute atomic E-state index is 9.88. The molecule has 0 saturated carbocycles. The van der Waals surface area contributed by atoms with E-state index in [2.05, 4.69) is 5.32 Å². The number of amides is 1. The van der Waals surface area contributed by atoms with E-state index in [1.165, 1.54) is 0 Å².